The van der Waals surface area contributed by atoms with Gasteiger partial charge in [0.15, 0.2) is 11.6 Å². The Balaban J connectivity index is 1.45. The van der Waals surface area contributed by atoms with Gasteiger partial charge >= 0.3 is 0 Å². The fraction of sp³-hybridized carbons (Fsp3) is 0.269. The number of aryl methyl sites for hydroxylation is 1. The molecule has 0 spiro atoms. The predicted octanol–water partition coefficient (Wildman–Crippen LogP) is 4.28. The van der Waals surface area contributed by atoms with Crippen molar-refractivity contribution in [2.75, 3.05) is 31.2 Å². The highest BCUT2D eigenvalue weighted by Gasteiger charge is 2.22. The van der Waals surface area contributed by atoms with E-state index in [1.54, 1.807) is 0 Å². The molecule has 2 aromatic carbocycles. The van der Waals surface area contributed by atoms with Crippen LogP contribution in [-0.2, 0) is 17.6 Å². The Bertz CT molecular complexity index is 1160. The highest BCUT2D eigenvalue weighted by atomic mass is 16.5. The van der Waals surface area contributed by atoms with E-state index in [4.69, 9.17) is 14.7 Å². The highest BCUT2D eigenvalue weighted by molar-refractivity contribution is 5.97. The number of aromatic nitrogens is 2. The minimum Gasteiger partial charge on any atom is -0.378 e. The molecule has 1 fully saturated rings. The third kappa shape index (κ3) is 4.14. The minimum atomic E-state index is 0.118. The number of ether oxygens (including phenoxy) is 1. The number of Topliss-reactive ketones (excluding diaryl/α,β-unsaturated/α-hetero) is 1. The highest BCUT2D eigenvalue weighted by Crippen LogP contribution is 2.31. The minimum absolute atomic E-state index is 0.118. The molecule has 1 aliphatic carbocycles. The number of anilines is 1. The molecule has 31 heavy (non-hydrogen) atoms. The molecular formula is C26H25N3O2. The van der Waals surface area contributed by atoms with Crippen molar-refractivity contribution in [3.63, 3.8) is 0 Å². The van der Waals surface area contributed by atoms with E-state index < -0.39 is 0 Å². The number of fused-ring (bicyclic) bond motifs is 1. The Labute approximate surface area is 182 Å². The van der Waals surface area contributed by atoms with Gasteiger partial charge in [-0.1, -0.05) is 48.0 Å². The van der Waals surface area contributed by atoms with Crippen molar-refractivity contribution >= 4 is 17.7 Å². The molecule has 2 aliphatic rings. The summed E-state index contributed by atoms with van der Waals surface area (Å²) < 4.78 is 5.52. The topological polar surface area (TPSA) is 55.3 Å². The van der Waals surface area contributed by atoms with E-state index in [1.807, 2.05) is 55.5 Å². The summed E-state index contributed by atoms with van der Waals surface area (Å²) in [7, 11) is 0. The molecule has 5 heteroatoms. The van der Waals surface area contributed by atoms with Gasteiger partial charge in [-0.3, -0.25) is 4.79 Å². The maximum atomic E-state index is 12.8. The van der Waals surface area contributed by atoms with Crippen molar-refractivity contribution < 1.29 is 9.53 Å². The van der Waals surface area contributed by atoms with Crippen LogP contribution in [-0.4, -0.2) is 42.1 Å². The standard InChI is InChI=1S/C26H25N3O2/c1-18-5-2-7-20(15-18)24(30)17-19-6-3-8-21(16-19)25-27-23-10-4-9-22(23)26(28-25)29-11-13-31-14-12-29/h2-8,10,15-16H,9,11-14,17H2,1H3. The van der Waals surface area contributed by atoms with Crippen LogP contribution in [0.5, 0.6) is 0 Å². The van der Waals surface area contributed by atoms with Crippen LogP contribution in [0, 0.1) is 6.92 Å². The molecule has 0 saturated carbocycles. The van der Waals surface area contributed by atoms with Gasteiger partial charge in [-0.2, -0.15) is 0 Å². The number of ketones is 1. The number of carbonyl (C=O) groups excluding carboxylic acids is 1. The monoisotopic (exact) mass is 411 g/mol. The maximum Gasteiger partial charge on any atom is 0.167 e. The van der Waals surface area contributed by atoms with Gasteiger partial charge in [0, 0.05) is 36.2 Å². The molecule has 0 unspecified atom stereocenters. The Kier molecular flexibility index (Phi) is 5.35. The SMILES string of the molecule is Cc1cccc(C(=O)Cc2cccc(-c3nc4c(c(N5CCOCC5)n3)CC=C4)c2)c1. The predicted molar refractivity (Wildman–Crippen MR) is 122 cm³/mol. The lowest BCUT2D eigenvalue weighted by molar-refractivity contribution is 0.0993. The second kappa shape index (κ2) is 8.44. The van der Waals surface area contributed by atoms with Gasteiger partial charge in [0.2, 0.25) is 0 Å². The second-order valence-electron chi connectivity index (χ2n) is 8.11. The Morgan fingerprint density at radius 2 is 1.90 bits per heavy atom. The number of nitrogens with zero attached hydrogens (tertiary/aromatic N) is 3. The first-order chi connectivity index (χ1) is 15.2. The van der Waals surface area contributed by atoms with E-state index >= 15 is 0 Å². The number of morpholine rings is 1. The smallest absolute Gasteiger partial charge is 0.167 e. The van der Waals surface area contributed by atoms with Crippen LogP contribution in [0.25, 0.3) is 17.5 Å². The van der Waals surface area contributed by atoms with Crippen LogP contribution >= 0.6 is 0 Å². The Morgan fingerprint density at radius 3 is 2.74 bits per heavy atom. The summed E-state index contributed by atoms with van der Waals surface area (Å²) in [5, 5.41) is 0. The first kappa shape index (κ1) is 19.6. The van der Waals surface area contributed by atoms with E-state index in [-0.39, 0.29) is 5.78 Å². The van der Waals surface area contributed by atoms with Gasteiger partial charge in [-0.15, -0.1) is 0 Å². The summed E-state index contributed by atoms with van der Waals surface area (Å²) in [6.07, 6.45) is 5.45. The zero-order valence-corrected chi connectivity index (χ0v) is 17.7. The van der Waals surface area contributed by atoms with E-state index in [2.05, 4.69) is 17.1 Å². The van der Waals surface area contributed by atoms with Crippen LogP contribution < -0.4 is 4.90 Å². The van der Waals surface area contributed by atoms with E-state index in [0.717, 1.165) is 66.5 Å². The first-order valence-electron chi connectivity index (χ1n) is 10.8. The number of hydrogen-bond acceptors (Lipinski definition) is 5. The fourth-order valence-corrected chi connectivity index (χ4v) is 4.20. The molecule has 3 aromatic rings. The van der Waals surface area contributed by atoms with Crippen LogP contribution in [0.1, 0.15) is 32.7 Å². The molecule has 0 bridgehead atoms. The lowest BCUT2D eigenvalue weighted by Crippen LogP contribution is -2.37. The summed E-state index contributed by atoms with van der Waals surface area (Å²) in [5.74, 6) is 1.83. The van der Waals surface area contributed by atoms with Gasteiger partial charge in [-0.25, -0.2) is 9.97 Å². The molecule has 0 N–H and O–H groups in total. The van der Waals surface area contributed by atoms with Gasteiger partial charge in [0.1, 0.15) is 5.82 Å². The maximum absolute atomic E-state index is 12.8. The molecule has 1 saturated heterocycles. The number of carbonyl (C=O) groups is 1. The summed E-state index contributed by atoms with van der Waals surface area (Å²) in [6.45, 7) is 5.13. The number of hydrogen-bond donors (Lipinski definition) is 0. The quantitative estimate of drug-likeness (QED) is 0.587. The van der Waals surface area contributed by atoms with Crippen molar-refractivity contribution in [3.05, 3.63) is 82.6 Å². The van der Waals surface area contributed by atoms with Gasteiger partial charge < -0.3 is 9.64 Å². The fourth-order valence-electron chi connectivity index (χ4n) is 4.20. The first-order valence-corrected chi connectivity index (χ1v) is 10.8. The van der Waals surface area contributed by atoms with Crippen LogP contribution in [0.3, 0.4) is 0 Å². The number of benzene rings is 2. The lowest BCUT2D eigenvalue weighted by atomic mass is 10.00. The second-order valence-corrected chi connectivity index (χ2v) is 8.11. The van der Waals surface area contributed by atoms with Crippen LogP contribution in [0.2, 0.25) is 0 Å². The largest absolute Gasteiger partial charge is 0.378 e. The average Bonchev–Trinajstić information content (AvgIpc) is 3.28. The van der Waals surface area contributed by atoms with E-state index in [0.29, 0.717) is 12.2 Å². The van der Waals surface area contributed by atoms with Crippen molar-refractivity contribution in [3.8, 4) is 11.4 Å². The van der Waals surface area contributed by atoms with Crippen LogP contribution in [0.15, 0.2) is 54.6 Å². The Morgan fingerprint density at radius 1 is 1.06 bits per heavy atom. The summed E-state index contributed by atoms with van der Waals surface area (Å²) in [4.78, 5) is 24.9. The molecule has 2 heterocycles. The van der Waals surface area contributed by atoms with Gasteiger partial charge in [0.05, 0.1) is 18.9 Å². The lowest BCUT2D eigenvalue weighted by Gasteiger charge is -2.29. The van der Waals surface area contributed by atoms with E-state index in [9.17, 15) is 4.79 Å². The zero-order valence-electron chi connectivity index (χ0n) is 17.7. The number of allylic oxidation sites excluding steroid dienone is 1. The summed E-state index contributed by atoms with van der Waals surface area (Å²) >= 11 is 0. The molecular weight excluding hydrogens is 386 g/mol. The summed E-state index contributed by atoms with van der Waals surface area (Å²) in [5.41, 5.74) is 5.93. The van der Waals surface area contributed by atoms with Crippen molar-refractivity contribution in [2.45, 2.75) is 19.8 Å². The van der Waals surface area contributed by atoms with Gasteiger partial charge in [0.25, 0.3) is 0 Å². The molecule has 1 aromatic heterocycles. The molecule has 5 nitrogen and oxygen atoms in total. The average molecular weight is 412 g/mol. The molecule has 0 amide bonds. The molecule has 0 atom stereocenters. The normalized spacial score (nSPS) is 15.2. The third-order valence-electron chi connectivity index (χ3n) is 5.82. The summed E-state index contributed by atoms with van der Waals surface area (Å²) in [6, 6.07) is 15.8. The molecule has 5 rings (SSSR count). The van der Waals surface area contributed by atoms with Crippen molar-refractivity contribution in [1.29, 1.82) is 0 Å². The molecule has 1 aliphatic heterocycles. The van der Waals surface area contributed by atoms with Crippen molar-refractivity contribution in [2.24, 2.45) is 0 Å². The third-order valence-corrected chi connectivity index (χ3v) is 5.82. The zero-order chi connectivity index (χ0) is 21.2. The van der Waals surface area contributed by atoms with E-state index in [1.165, 1.54) is 5.56 Å². The molecule has 156 valence electrons. The Hall–Kier alpha value is -3.31. The van der Waals surface area contributed by atoms with Crippen LogP contribution in [0.4, 0.5) is 5.82 Å². The van der Waals surface area contributed by atoms with Gasteiger partial charge in [-0.05, 0) is 37.1 Å². The number of rotatable bonds is 5. The van der Waals surface area contributed by atoms with Crippen molar-refractivity contribution in [1.82, 2.24) is 9.97 Å². The molecule has 0 radical (unpaired) electrons.